The number of carbonyl (C=O) groups excluding carboxylic acids is 2. The van der Waals surface area contributed by atoms with Crippen molar-refractivity contribution in [2.24, 2.45) is 5.73 Å². The van der Waals surface area contributed by atoms with Crippen LogP contribution in [0.25, 0.3) is 0 Å². The zero-order chi connectivity index (χ0) is 15.8. The van der Waals surface area contributed by atoms with Crippen LogP contribution in [0.5, 0.6) is 0 Å². The predicted octanol–water partition coefficient (Wildman–Crippen LogP) is 2.52. The summed E-state index contributed by atoms with van der Waals surface area (Å²) < 4.78 is -2.12. The summed E-state index contributed by atoms with van der Waals surface area (Å²) in [4.78, 5) is 24.2. The van der Waals surface area contributed by atoms with E-state index in [9.17, 15) is 9.59 Å². The Hall–Kier alpha value is -0.600. The van der Waals surface area contributed by atoms with Gasteiger partial charge in [0.2, 0.25) is 0 Å². The number of nitrogens with one attached hydrogen (secondary N) is 2. The van der Waals surface area contributed by atoms with Gasteiger partial charge in [-0.3, -0.25) is 14.9 Å². The van der Waals surface area contributed by atoms with E-state index in [1.54, 1.807) is 0 Å². The minimum absolute atomic E-state index is 0.0613. The lowest BCUT2D eigenvalue weighted by atomic mass is 10.1. The molecular formula is C11H10Cl3N3O2S2. The third kappa shape index (κ3) is 3.78. The van der Waals surface area contributed by atoms with Gasteiger partial charge in [0.05, 0.1) is 5.56 Å². The molecule has 1 aliphatic carbocycles. The highest BCUT2D eigenvalue weighted by atomic mass is 35.6. The number of carbonyl (C=O) groups is 2. The number of alkyl halides is 3. The number of amides is 2. The maximum atomic E-state index is 11.6. The molecule has 0 fully saturated rings. The van der Waals surface area contributed by atoms with Gasteiger partial charge in [-0.05, 0) is 37.0 Å². The van der Waals surface area contributed by atoms with Crippen LogP contribution in [-0.4, -0.2) is 20.7 Å². The standard InChI is InChI=1S/C11H10Cl3N3O2S2/c12-11(13,14)9(19)17-10(20)16-8-6(7(15)18)4-2-1-3-5(4)21-8/h1-3H2,(H2,15,18)(H2,16,17,19,20). The lowest BCUT2D eigenvalue weighted by Crippen LogP contribution is -2.41. The average Bonchev–Trinajstić information content (AvgIpc) is 2.86. The normalized spacial score (nSPS) is 13.7. The van der Waals surface area contributed by atoms with Crippen LogP contribution in [0.2, 0.25) is 0 Å². The Balaban J connectivity index is 2.15. The van der Waals surface area contributed by atoms with E-state index >= 15 is 0 Å². The summed E-state index contributed by atoms with van der Waals surface area (Å²) in [7, 11) is 0. The molecule has 0 saturated carbocycles. The van der Waals surface area contributed by atoms with Crippen LogP contribution in [0.15, 0.2) is 0 Å². The second-order valence-electron chi connectivity index (χ2n) is 4.33. The first-order valence-corrected chi connectivity index (χ1v) is 8.19. The largest absolute Gasteiger partial charge is 0.365 e. The molecule has 10 heteroatoms. The van der Waals surface area contributed by atoms with Crippen molar-refractivity contribution >= 4 is 80.3 Å². The Labute approximate surface area is 145 Å². The fourth-order valence-corrected chi connectivity index (χ4v) is 3.76. The Morgan fingerprint density at radius 3 is 2.52 bits per heavy atom. The van der Waals surface area contributed by atoms with Crippen molar-refractivity contribution in [3.05, 3.63) is 16.0 Å². The van der Waals surface area contributed by atoms with Crippen molar-refractivity contribution in [3.63, 3.8) is 0 Å². The lowest BCUT2D eigenvalue weighted by molar-refractivity contribution is -0.118. The third-order valence-electron chi connectivity index (χ3n) is 2.88. The van der Waals surface area contributed by atoms with Crippen molar-refractivity contribution in [1.29, 1.82) is 0 Å². The number of nitrogens with two attached hydrogens (primary N) is 1. The molecular weight excluding hydrogens is 377 g/mol. The van der Waals surface area contributed by atoms with E-state index in [1.807, 2.05) is 0 Å². The van der Waals surface area contributed by atoms with E-state index in [0.29, 0.717) is 10.6 Å². The molecule has 2 amide bonds. The highest BCUT2D eigenvalue weighted by Gasteiger charge is 2.32. The number of hydrogen-bond donors (Lipinski definition) is 3. The summed E-state index contributed by atoms with van der Waals surface area (Å²) in [5.74, 6) is -1.41. The first-order chi connectivity index (χ1) is 9.70. The number of halogens is 3. The summed E-state index contributed by atoms with van der Waals surface area (Å²) in [6, 6.07) is 0. The van der Waals surface area contributed by atoms with Gasteiger partial charge in [-0.25, -0.2) is 0 Å². The third-order valence-corrected chi connectivity index (χ3v) is 4.81. The van der Waals surface area contributed by atoms with Crippen LogP contribution in [0.4, 0.5) is 5.00 Å². The number of anilines is 1. The van der Waals surface area contributed by atoms with Gasteiger partial charge < -0.3 is 11.1 Å². The molecule has 21 heavy (non-hydrogen) atoms. The summed E-state index contributed by atoms with van der Waals surface area (Å²) in [6.45, 7) is 0. The van der Waals surface area contributed by atoms with Gasteiger partial charge in [0.25, 0.3) is 15.6 Å². The number of hydrogen-bond acceptors (Lipinski definition) is 4. The predicted molar refractivity (Wildman–Crippen MR) is 89.5 cm³/mol. The molecule has 0 bridgehead atoms. The molecule has 5 nitrogen and oxygen atoms in total. The summed E-state index contributed by atoms with van der Waals surface area (Å²) in [5.41, 5.74) is 6.78. The van der Waals surface area contributed by atoms with Crippen LogP contribution in [-0.2, 0) is 17.6 Å². The minimum atomic E-state index is -2.12. The zero-order valence-corrected chi connectivity index (χ0v) is 14.4. The second kappa shape index (κ2) is 6.26. The van der Waals surface area contributed by atoms with Crippen LogP contribution in [0.1, 0.15) is 27.2 Å². The maximum Gasteiger partial charge on any atom is 0.278 e. The average molecular weight is 387 g/mol. The molecule has 0 radical (unpaired) electrons. The molecule has 4 N–H and O–H groups in total. The molecule has 1 aliphatic rings. The molecule has 0 saturated heterocycles. The van der Waals surface area contributed by atoms with Gasteiger partial charge in [0, 0.05) is 4.88 Å². The van der Waals surface area contributed by atoms with Crippen LogP contribution in [0.3, 0.4) is 0 Å². The quantitative estimate of drug-likeness (QED) is 0.538. The lowest BCUT2D eigenvalue weighted by Gasteiger charge is -2.13. The second-order valence-corrected chi connectivity index (χ2v) is 8.13. The number of thiophene rings is 1. The fraction of sp³-hybridized carbons (Fsp3) is 0.364. The summed E-state index contributed by atoms with van der Waals surface area (Å²) in [6.07, 6.45) is 2.70. The van der Waals surface area contributed by atoms with E-state index in [2.05, 4.69) is 10.6 Å². The molecule has 0 atom stereocenters. The smallest absolute Gasteiger partial charge is 0.278 e. The monoisotopic (exact) mass is 385 g/mol. The number of primary amides is 1. The Kier molecular flexibility index (Phi) is 4.99. The number of aryl methyl sites for hydroxylation is 1. The highest BCUT2D eigenvalue weighted by Crippen LogP contribution is 2.38. The van der Waals surface area contributed by atoms with Crippen molar-refractivity contribution < 1.29 is 9.59 Å². The van der Waals surface area contributed by atoms with E-state index in [1.165, 1.54) is 11.3 Å². The molecule has 0 aliphatic heterocycles. The molecule has 1 aromatic rings. The van der Waals surface area contributed by atoms with Gasteiger partial charge in [-0.1, -0.05) is 34.8 Å². The molecule has 1 aromatic heterocycles. The van der Waals surface area contributed by atoms with Crippen LogP contribution >= 0.6 is 58.4 Å². The molecule has 114 valence electrons. The number of thiocarbonyl (C=S) groups is 1. The van der Waals surface area contributed by atoms with Gasteiger partial charge in [0.15, 0.2) is 5.11 Å². The maximum absolute atomic E-state index is 11.6. The molecule has 0 spiro atoms. The minimum Gasteiger partial charge on any atom is -0.365 e. The fourth-order valence-electron chi connectivity index (χ4n) is 2.06. The van der Waals surface area contributed by atoms with E-state index in [0.717, 1.165) is 29.7 Å². The van der Waals surface area contributed by atoms with Crippen molar-refractivity contribution in [2.75, 3.05) is 5.32 Å². The molecule has 0 unspecified atom stereocenters. The molecule has 2 rings (SSSR count). The van der Waals surface area contributed by atoms with Crippen LogP contribution in [0, 0.1) is 0 Å². The Morgan fingerprint density at radius 1 is 1.29 bits per heavy atom. The first-order valence-electron chi connectivity index (χ1n) is 5.83. The zero-order valence-electron chi connectivity index (χ0n) is 10.5. The summed E-state index contributed by atoms with van der Waals surface area (Å²) >= 11 is 22.7. The Bertz CT molecular complexity index is 625. The topological polar surface area (TPSA) is 84.2 Å². The van der Waals surface area contributed by atoms with Gasteiger partial charge in [-0.15, -0.1) is 11.3 Å². The van der Waals surface area contributed by atoms with Crippen molar-refractivity contribution in [3.8, 4) is 0 Å². The first kappa shape index (κ1) is 16.8. The van der Waals surface area contributed by atoms with Crippen molar-refractivity contribution in [2.45, 2.75) is 23.1 Å². The number of fused-ring (bicyclic) bond motifs is 1. The van der Waals surface area contributed by atoms with Crippen LogP contribution < -0.4 is 16.4 Å². The SMILES string of the molecule is NC(=O)c1c(NC(=S)NC(=O)C(Cl)(Cl)Cl)sc2c1CCC2. The van der Waals surface area contributed by atoms with Gasteiger partial charge in [0.1, 0.15) is 5.00 Å². The van der Waals surface area contributed by atoms with Gasteiger partial charge in [-0.2, -0.15) is 0 Å². The Morgan fingerprint density at radius 2 is 1.95 bits per heavy atom. The van der Waals surface area contributed by atoms with E-state index < -0.39 is 15.6 Å². The summed E-state index contributed by atoms with van der Waals surface area (Å²) in [5, 5.41) is 5.45. The van der Waals surface area contributed by atoms with E-state index in [4.69, 9.17) is 52.8 Å². The highest BCUT2D eigenvalue weighted by molar-refractivity contribution is 7.80. The molecule has 0 aromatic carbocycles. The van der Waals surface area contributed by atoms with Crippen molar-refractivity contribution in [1.82, 2.24) is 5.32 Å². The van der Waals surface area contributed by atoms with Gasteiger partial charge >= 0.3 is 0 Å². The molecule has 1 heterocycles. The van der Waals surface area contributed by atoms with E-state index in [-0.39, 0.29) is 5.11 Å². The number of rotatable bonds is 2.